The van der Waals surface area contributed by atoms with E-state index in [1.807, 2.05) is 12.1 Å². The Bertz CT molecular complexity index is 722. The van der Waals surface area contributed by atoms with Crippen molar-refractivity contribution in [3.8, 4) is 0 Å². The fraction of sp³-hybridized carbons (Fsp3) is 0.250. The average Bonchev–Trinajstić information content (AvgIpc) is 2.38. The Labute approximate surface area is 126 Å². The van der Waals surface area contributed by atoms with Gasteiger partial charge in [-0.3, -0.25) is 4.72 Å². The van der Waals surface area contributed by atoms with Crippen molar-refractivity contribution in [1.29, 1.82) is 0 Å². The number of hydrogen-bond acceptors (Lipinski definition) is 3. The van der Waals surface area contributed by atoms with E-state index in [1.165, 1.54) is 16.7 Å². The average molecular weight is 304 g/mol. The first-order valence-corrected chi connectivity index (χ1v) is 8.60. The Hall–Kier alpha value is -2.01. The molecule has 0 aliphatic heterocycles. The molecule has 0 amide bonds. The maximum atomic E-state index is 11.1. The van der Waals surface area contributed by atoms with E-state index in [1.54, 1.807) is 12.1 Å². The lowest BCUT2D eigenvalue weighted by Gasteiger charge is -2.11. The normalized spacial score (nSPS) is 11.2. The van der Waals surface area contributed by atoms with Crippen LogP contribution in [0.3, 0.4) is 0 Å². The third-order valence-corrected chi connectivity index (χ3v) is 3.78. The number of sulfonamides is 1. The highest BCUT2D eigenvalue weighted by Crippen LogP contribution is 2.17. The molecule has 5 heteroatoms. The van der Waals surface area contributed by atoms with Crippen LogP contribution in [0.1, 0.15) is 16.7 Å². The molecule has 0 fully saturated rings. The van der Waals surface area contributed by atoms with Crippen molar-refractivity contribution >= 4 is 21.4 Å². The zero-order chi connectivity index (χ0) is 15.5. The predicted octanol–water partition coefficient (Wildman–Crippen LogP) is 3.29. The Morgan fingerprint density at radius 1 is 0.952 bits per heavy atom. The van der Waals surface area contributed by atoms with Gasteiger partial charge in [-0.1, -0.05) is 23.8 Å². The highest BCUT2D eigenvalue weighted by atomic mass is 32.2. The molecular weight excluding hydrogens is 284 g/mol. The van der Waals surface area contributed by atoms with Gasteiger partial charge in [0, 0.05) is 17.9 Å². The van der Waals surface area contributed by atoms with Crippen LogP contribution < -0.4 is 10.0 Å². The molecule has 0 radical (unpaired) electrons. The van der Waals surface area contributed by atoms with Crippen LogP contribution in [0.2, 0.25) is 0 Å². The van der Waals surface area contributed by atoms with Crippen LogP contribution >= 0.6 is 0 Å². The fourth-order valence-electron chi connectivity index (χ4n) is 2.11. The van der Waals surface area contributed by atoms with Gasteiger partial charge in [-0.25, -0.2) is 8.42 Å². The number of anilines is 2. The summed E-state index contributed by atoms with van der Waals surface area (Å²) in [5.74, 6) is 0. The quantitative estimate of drug-likeness (QED) is 0.891. The molecule has 0 aliphatic carbocycles. The summed E-state index contributed by atoms with van der Waals surface area (Å²) in [6.07, 6.45) is 1.14. The van der Waals surface area contributed by atoms with E-state index in [4.69, 9.17) is 0 Å². The summed E-state index contributed by atoms with van der Waals surface area (Å²) in [6.45, 7) is 4.92. The molecule has 2 aromatic rings. The van der Waals surface area contributed by atoms with Crippen molar-refractivity contribution in [3.63, 3.8) is 0 Å². The zero-order valence-corrected chi connectivity index (χ0v) is 13.3. The number of nitrogens with one attached hydrogen (secondary N) is 2. The standard InChI is InChI=1S/C16H20N2O2S/c1-12-4-5-14(13(2)10-12)11-17-15-6-8-16(9-7-15)18-21(3,19)20/h4-10,17-18H,11H2,1-3H3. The van der Waals surface area contributed by atoms with Crippen molar-refractivity contribution in [1.82, 2.24) is 0 Å². The van der Waals surface area contributed by atoms with Gasteiger partial charge < -0.3 is 5.32 Å². The number of benzene rings is 2. The van der Waals surface area contributed by atoms with Crippen LogP contribution in [0.15, 0.2) is 42.5 Å². The van der Waals surface area contributed by atoms with Gasteiger partial charge in [-0.05, 0) is 49.2 Å². The minimum Gasteiger partial charge on any atom is -0.381 e. The Morgan fingerprint density at radius 3 is 2.14 bits per heavy atom. The van der Waals surface area contributed by atoms with Crippen molar-refractivity contribution < 1.29 is 8.42 Å². The van der Waals surface area contributed by atoms with E-state index in [0.29, 0.717) is 5.69 Å². The summed E-state index contributed by atoms with van der Waals surface area (Å²) < 4.78 is 24.7. The molecule has 112 valence electrons. The molecule has 21 heavy (non-hydrogen) atoms. The Balaban J connectivity index is 2.00. The van der Waals surface area contributed by atoms with Crippen molar-refractivity contribution in [2.75, 3.05) is 16.3 Å². The summed E-state index contributed by atoms with van der Waals surface area (Å²) >= 11 is 0. The maximum absolute atomic E-state index is 11.1. The smallest absolute Gasteiger partial charge is 0.229 e. The molecule has 0 saturated heterocycles. The molecular formula is C16H20N2O2S. The molecule has 0 unspecified atom stereocenters. The zero-order valence-electron chi connectivity index (χ0n) is 12.5. The van der Waals surface area contributed by atoms with E-state index in [2.05, 4.69) is 42.1 Å². The Kier molecular flexibility index (Phi) is 4.53. The number of hydrogen-bond donors (Lipinski definition) is 2. The first kappa shape index (κ1) is 15.4. The molecule has 2 rings (SSSR count). The lowest BCUT2D eigenvalue weighted by atomic mass is 10.1. The van der Waals surface area contributed by atoms with E-state index in [-0.39, 0.29) is 0 Å². The SMILES string of the molecule is Cc1ccc(CNc2ccc(NS(C)(=O)=O)cc2)c(C)c1. The van der Waals surface area contributed by atoms with E-state index < -0.39 is 10.0 Å². The van der Waals surface area contributed by atoms with Crippen LogP contribution in [-0.4, -0.2) is 14.7 Å². The summed E-state index contributed by atoms with van der Waals surface area (Å²) in [7, 11) is -3.23. The molecule has 0 heterocycles. The molecule has 4 nitrogen and oxygen atoms in total. The number of rotatable bonds is 5. The summed E-state index contributed by atoms with van der Waals surface area (Å²) in [5.41, 5.74) is 5.29. The van der Waals surface area contributed by atoms with E-state index in [0.717, 1.165) is 18.5 Å². The van der Waals surface area contributed by atoms with Crippen molar-refractivity contribution in [3.05, 3.63) is 59.2 Å². The predicted molar refractivity (Wildman–Crippen MR) is 88.2 cm³/mol. The van der Waals surface area contributed by atoms with Gasteiger partial charge in [0.2, 0.25) is 10.0 Å². The number of aryl methyl sites for hydroxylation is 2. The van der Waals surface area contributed by atoms with Crippen LogP contribution in [0.5, 0.6) is 0 Å². The molecule has 0 saturated carbocycles. The van der Waals surface area contributed by atoms with Crippen LogP contribution in [0.4, 0.5) is 11.4 Å². The highest BCUT2D eigenvalue weighted by molar-refractivity contribution is 7.92. The fourth-order valence-corrected chi connectivity index (χ4v) is 2.68. The second kappa shape index (κ2) is 6.18. The maximum Gasteiger partial charge on any atom is 0.229 e. The van der Waals surface area contributed by atoms with Gasteiger partial charge in [-0.2, -0.15) is 0 Å². The third-order valence-electron chi connectivity index (χ3n) is 3.17. The molecule has 0 aliphatic rings. The second-order valence-corrected chi connectivity index (χ2v) is 6.98. The van der Waals surface area contributed by atoms with Crippen molar-refractivity contribution in [2.24, 2.45) is 0 Å². The van der Waals surface area contributed by atoms with Gasteiger partial charge in [0.05, 0.1) is 6.26 Å². The van der Waals surface area contributed by atoms with Crippen LogP contribution in [0, 0.1) is 13.8 Å². The molecule has 0 spiro atoms. The first-order valence-electron chi connectivity index (χ1n) is 6.71. The highest BCUT2D eigenvalue weighted by Gasteiger charge is 2.02. The second-order valence-electron chi connectivity index (χ2n) is 5.24. The van der Waals surface area contributed by atoms with Gasteiger partial charge in [0.1, 0.15) is 0 Å². The van der Waals surface area contributed by atoms with Gasteiger partial charge >= 0.3 is 0 Å². The lowest BCUT2D eigenvalue weighted by Crippen LogP contribution is -2.09. The molecule has 2 N–H and O–H groups in total. The third kappa shape index (κ3) is 4.79. The summed E-state index contributed by atoms with van der Waals surface area (Å²) in [4.78, 5) is 0. The van der Waals surface area contributed by atoms with E-state index >= 15 is 0 Å². The van der Waals surface area contributed by atoms with Gasteiger partial charge in [0.15, 0.2) is 0 Å². The van der Waals surface area contributed by atoms with E-state index in [9.17, 15) is 8.42 Å². The molecule has 0 aromatic heterocycles. The molecule has 0 atom stereocenters. The minimum absolute atomic E-state index is 0.564. The van der Waals surface area contributed by atoms with Gasteiger partial charge in [0.25, 0.3) is 0 Å². The van der Waals surface area contributed by atoms with Gasteiger partial charge in [-0.15, -0.1) is 0 Å². The topological polar surface area (TPSA) is 58.2 Å². The van der Waals surface area contributed by atoms with Crippen LogP contribution in [-0.2, 0) is 16.6 Å². The lowest BCUT2D eigenvalue weighted by molar-refractivity contribution is 0.607. The largest absolute Gasteiger partial charge is 0.381 e. The summed E-state index contributed by atoms with van der Waals surface area (Å²) in [6, 6.07) is 13.6. The minimum atomic E-state index is -3.23. The first-order chi connectivity index (χ1) is 9.83. The van der Waals surface area contributed by atoms with Crippen molar-refractivity contribution in [2.45, 2.75) is 20.4 Å². The monoisotopic (exact) mass is 304 g/mol. The summed E-state index contributed by atoms with van der Waals surface area (Å²) in [5, 5.41) is 3.33. The van der Waals surface area contributed by atoms with Crippen LogP contribution in [0.25, 0.3) is 0 Å². The Morgan fingerprint density at radius 2 is 1.57 bits per heavy atom. The molecule has 2 aromatic carbocycles. The molecule has 0 bridgehead atoms.